The highest BCUT2D eigenvalue weighted by Crippen LogP contribution is 2.14. The summed E-state index contributed by atoms with van der Waals surface area (Å²) in [5.74, 6) is -0.883. The number of carbonyl (C=O) groups is 2. The van der Waals surface area contributed by atoms with Crippen LogP contribution in [0.25, 0.3) is 0 Å². The summed E-state index contributed by atoms with van der Waals surface area (Å²) in [5.41, 5.74) is 4.61. The van der Waals surface area contributed by atoms with Gasteiger partial charge in [0.05, 0.1) is 12.1 Å². The van der Waals surface area contributed by atoms with Gasteiger partial charge in [-0.1, -0.05) is 0 Å². The SMILES string of the molecule is CC1(OCC(=O)NCC(N)=O)CNC1. The van der Waals surface area contributed by atoms with Crippen molar-refractivity contribution in [3.63, 3.8) is 0 Å². The van der Waals surface area contributed by atoms with E-state index in [9.17, 15) is 9.59 Å². The van der Waals surface area contributed by atoms with Crippen molar-refractivity contribution in [3.8, 4) is 0 Å². The number of rotatable bonds is 5. The highest BCUT2D eigenvalue weighted by Gasteiger charge is 2.32. The number of amides is 2. The van der Waals surface area contributed by atoms with Crippen molar-refractivity contribution in [1.29, 1.82) is 0 Å². The Hall–Kier alpha value is -1.14. The molecule has 1 aliphatic rings. The van der Waals surface area contributed by atoms with Crippen molar-refractivity contribution < 1.29 is 14.3 Å². The quantitative estimate of drug-likeness (QED) is 0.478. The van der Waals surface area contributed by atoms with E-state index in [0.717, 1.165) is 13.1 Å². The maximum Gasteiger partial charge on any atom is 0.246 e. The molecular formula is C8H15N3O3. The molecule has 0 unspecified atom stereocenters. The zero-order valence-corrected chi connectivity index (χ0v) is 8.13. The third-order valence-electron chi connectivity index (χ3n) is 2.01. The van der Waals surface area contributed by atoms with E-state index >= 15 is 0 Å². The number of ether oxygens (including phenoxy) is 1. The molecule has 0 atom stereocenters. The number of nitrogens with one attached hydrogen (secondary N) is 2. The van der Waals surface area contributed by atoms with Crippen LogP contribution in [0.4, 0.5) is 0 Å². The number of carbonyl (C=O) groups excluding carboxylic acids is 2. The predicted molar refractivity (Wildman–Crippen MR) is 49.4 cm³/mol. The molecule has 14 heavy (non-hydrogen) atoms. The van der Waals surface area contributed by atoms with E-state index in [-0.39, 0.29) is 24.7 Å². The maximum atomic E-state index is 11.1. The van der Waals surface area contributed by atoms with Gasteiger partial charge in [-0.05, 0) is 6.92 Å². The summed E-state index contributed by atoms with van der Waals surface area (Å²) in [6.45, 7) is 3.24. The number of nitrogens with two attached hydrogens (primary N) is 1. The van der Waals surface area contributed by atoms with Crippen molar-refractivity contribution in [2.45, 2.75) is 12.5 Å². The van der Waals surface area contributed by atoms with Crippen LogP contribution in [0.5, 0.6) is 0 Å². The van der Waals surface area contributed by atoms with Crippen LogP contribution >= 0.6 is 0 Å². The fourth-order valence-corrected chi connectivity index (χ4v) is 1.06. The first-order valence-corrected chi connectivity index (χ1v) is 4.41. The highest BCUT2D eigenvalue weighted by molar-refractivity contribution is 5.84. The zero-order chi connectivity index (χ0) is 10.6. The van der Waals surface area contributed by atoms with Crippen molar-refractivity contribution in [3.05, 3.63) is 0 Å². The average Bonchev–Trinajstić information content (AvgIpc) is 2.08. The Morgan fingerprint density at radius 3 is 2.64 bits per heavy atom. The molecule has 0 radical (unpaired) electrons. The summed E-state index contributed by atoms with van der Waals surface area (Å²) in [6.07, 6.45) is 0. The molecular weight excluding hydrogens is 186 g/mol. The van der Waals surface area contributed by atoms with E-state index in [0.29, 0.717) is 0 Å². The van der Waals surface area contributed by atoms with Gasteiger partial charge >= 0.3 is 0 Å². The first kappa shape index (κ1) is 10.9. The van der Waals surface area contributed by atoms with Crippen molar-refractivity contribution in [2.75, 3.05) is 26.2 Å². The van der Waals surface area contributed by atoms with E-state index in [1.54, 1.807) is 0 Å². The van der Waals surface area contributed by atoms with Gasteiger partial charge in [0.15, 0.2) is 0 Å². The van der Waals surface area contributed by atoms with Gasteiger partial charge in [-0.2, -0.15) is 0 Å². The molecule has 0 bridgehead atoms. The van der Waals surface area contributed by atoms with E-state index < -0.39 is 5.91 Å². The van der Waals surface area contributed by atoms with E-state index in [1.165, 1.54) is 0 Å². The maximum absolute atomic E-state index is 11.1. The van der Waals surface area contributed by atoms with Crippen molar-refractivity contribution in [2.24, 2.45) is 5.73 Å². The van der Waals surface area contributed by atoms with Gasteiger partial charge in [0, 0.05) is 13.1 Å². The fraction of sp³-hybridized carbons (Fsp3) is 0.750. The molecule has 1 aliphatic heterocycles. The first-order valence-electron chi connectivity index (χ1n) is 4.41. The Kier molecular flexibility index (Phi) is 3.43. The minimum absolute atomic E-state index is 0.0362. The molecule has 1 rings (SSSR count). The second-order valence-electron chi connectivity index (χ2n) is 3.59. The summed E-state index contributed by atoms with van der Waals surface area (Å²) >= 11 is 0. The van der Waals surface area contributed by atoms with Crippen LogP contribution in [0.15, 0.2) is 0 Å². The lowest BCUT2D eigenvalue weighted by atomic mass is 10.0. The van der Waals surface area contributed by atoms with Crippen LogP contribution in [-0.4, -0.2) is 43.7 Å². The predicted octanol–water partition coefficient (Wildman–Crippen LogP) is -2.03. The smallest absolute Gasteiger partial charge is 0.246 e. The first-order chi connectivity index (χ1) is 6.52. The molecule has 4 N–H and O–H groups in total. The lowest BCUT2D eigenvalue weighted by Crippen LogP contribution is -2.59. The van der Waals surface area contributed by atoms with Crippen LogP contribution in [0, 0.1) is 0 Å². The second kappa shape index (κ2) is 4.39. The largest absolute Gasteiger partial charge is 0.368 e. The molecule has 1 saturated heterocycles. The minimum atomic E-state index is -0.560. The molecule has 0 aliphatic carbocycles. The number of hydrogen-bond acceptors (Lipinski definition) is 4. The third kappa shape index (κ3) is 3.31. The van der Waals surface area contributed by atoms with Gasteiger partial charge in [-0.15, -0.1) is 0 Å². The Labute approximate surface area is 82.2 Å². The minimum Gasteiger partial charge on any atom is -0.368 e. The Morgan fingerprint density at radius 1 is 1.57 bits per heavy atom. The third-order valence-corrected chi connectivity index (χ3v) is 2.01. The topological polar surface area (TPSA) is 93.4 Å². The number of hydrogen-bond donors (Lipinski definition) is 3. The Balaban J connectivity index is 2.11. The molecule has 2 amide bonds. The van der Waals surface area contributed by atoms with Gasteiger partial charge in [0.25, 0.3) is 0 Å². The van der Waals surface area contributed by atoms with Gasteiger partial charge in [-0.3, -0.25) is 9.59 Å². The average molecular weight is 201 g/mol. The fourth-order valence-electron chi connectivity index (χ4n) is 1.06. The standard InChI is InChI=1S/C8H15N3O3/c1-8(4-10-5-8)14-3-7(13)11-2-6(9)12/h10H,2-5H2,1H3,(H2,9,12)(H,11,13). The molecule has 1 fully saturated rings. The van der Waals surface area contributed by atoms with E-state index in [4.69, 9.17) is 10.5 Å². The van der Waals surface area contributed by atoms with Crippen LogP contribution < -0.4 is 16.4 Å². The molecule has 0 aromatic heterocycles. The molecule has 0 aromatic rings. The van der Waals surface area contributed by atoms with Crippen molar-refractivity contribution in [1.82, 2.24) is 10.6 Å². The van der Waals surface area contributed by atoms with Gasteiger partial charge in [0.2, 0.25) is 11.8 Å². The number of primary amides is 1. The Bertz CT molecular complexity index is 238. The lowest BCUT2D eigenvalue weighted by Gasteiger charge is -2.38. The zero-order valence-electron chi connectivity index (χ0n) is 8.13. The molecule has 80 valence electrons. The molecule has 1 heterocycles. The summed E-state index contributed by atoms with van der Waals surface area (Å²) in [6, 6.07) is 0. The van der Waals surface area contributed by atoms with Crippen LogP contribution in [-0.2, 0) is 14.3 Å². The lowest BCUT2D eigenvalue weighted by molar-refractivity contribution is -0.137. The normalized spacial score (nSPS) is 18.4. The van der Waals surface area contributed by atoms with E-state index in [1.807, 2.05) is 6.92 Å². The summed E-state index contributed by atoms with van der Waals surface area (Å²) < 4.78 is 5.33. The summed E-state index contributed by atoms with van der Waals surface area (Å²) in [5, 5.41) is 5.39. The summed E-state index contributed by atoms with van der Waals surface area (Å²) in [7, 11) is 0. The molecule has 0 saturated carbocycles. The monoisotopic (exact) mass is 201 g/mol. The molecule has 0 aromatic carbocycles. The van der Waals surface area contributed by atoms with E-state index in [2.05, 4.69) is 10.6 Å². The molecule has 6 nitrogen and oxygen atoms in total. The molecule has 0 spiro atoms. The molecule has 6 heteroatoms. The van der Waals surface area contributed by atoms with Crippen molar-refractivity contribution >= 4 is 11.8 Å². The van der Waals surface area contributed by atoms with Crippen LogP contribution in [0.1, 0.15) is 6.92 Å². The van der Waals surface area contributed by atoms with Gasteiger partial charge in [-0.25, -0.2) is 0 Å². The highest BCUT2D eigenvalue weighted by atomic mass is 16.5. The van der Waals surface area contributed by atoms with Crippen LogP contribution in [0.2, 0.25) is 0 Å². The van der Waals surface area contributed by atoms with Crippen LogP contribution in [0.3, 0.4) is 0 Å². The second-order valence-corrected chi connectivity index (χ2v) is 3.59. The Morgan fingerprint density at radius 2 is 2.21 bits per heavy atom. The summed E-state index contributed by atoms with van der Waals surface area (Å²) in [4.78, 5) is 21.4. The van der Waals surface area contributed by atoms with Gasteiger partial charge in [0.1, 0.15) is 6.61 Å². The van der Waals surface area contributed by atoms with Gasteiger partial charge < -0.3 is 21.1 Å².